The van der Waals surface area contributed by atoms with E-state index in [1.165, 1.54) is 24.3 Å². The van der Waals surface area contributed by atoms with E-state index in [0.717, 1.165) is 31.7 Å². The van der Waals surface area contributed by atoms with E-state index in [1.54, 1.807) is 6.07 Å². The summed E-state index contributed by atoms with van der Waals surface area (Å²) in [6, 6.07) is 8.48. The molecule has 4 rings (SSSR count). The molecule has 35 heavy (non-hydrogen) atoms. The van der Waals surface area contributed by atoms with Gasteiger partial charge in [0.05, 0.1) is 22.8 Å². The Kier molecular flexibility index (Phi) is 10.7. The van der Waals surface area contributed by atoms with Crippen LogP contribution in [0.2, 0.25) is 10.0 Å². The third-order valence-electron chi connectivity index (χ3n) is 6.20. The van der Waals surface area contributed by atoms with Gasteiger partial charge in [-0.1, -0.05) is 23.2 Å². The van der Waals surface area contributed by atoms with Crippen molar-refractivity contribution in [2.75, 3.05) is 20.3 Å². The topological polar surface area (TPSA) is 111 Å². The number of primary amides is 1. The van der Waals surface area contributed by atoms with Gasteiger partial charge in [-0.15, -0.1) is 0 Å². The maximum Gasteiger partial charge on any atom is 0.204 e. The first kappa shape index (κ1) is 28.8. The number of carbonyl (C=O) groups excluding carboxylic acids is 2. The van der Waals surface area contributed by atoms with E-state index in [4.69, 9.17) is 37.5 Å². The van der Waals surface area contributed by atoms with Crippen molar-refractivity contribution in [3.63, 3.8) is 0 Å². The van der Waals surface area contributed by atoms with Crippen LogP contribution in [0.3, 0.4) is 0 Å². The zero-order chi connectivity index (χ0) is 26.1. The SMILES string of the molecule is CNC12CCC(COc3ccc(Cl)c(F)c3)(CC1O)C2.NC=O.O=CCOc1ccc(Cl)c(F)c1. The summed E-state index contributed by atoms with van der Waals surface area (Å²) >= 11 is 11.1. The van der Waals surface area contributed by atoms with Crippen molar-refractivity contribution in [3.8, 4) is 11.5 Å². The molecule has 2 aromatic carbocycles. The van der Waals surface area contributed by atoms with Gasteiger partial charge in [-0.05, 0) is 57.0 Å². The van der Waals surface area contributed by atoms with E-state index in [1.807, 2.05) is 7.05 Å². The minimum atomic E-state index is -0.555. The lowest BCUT2D eigenvalue weighted by molar-refractivity contribution is -0.109. The largest absolute Gasteiger partial charge is 0.493 e. The fourth-order valence-corrected chi connectivity index (χ4v) is 4.70. The molecule has 2 aliphatic rings. The average molecular weight is 533 g/mol. The molecule has 3 unspecified atom stereocenters. The van der Waals surface area contributed by atoms with Gasteiger partial charge < -0.3 is 25.6 Å². The van der Waals surface area contributed by atoms with E-state index in [9.17, 15) is 18.7 Å². The predicted octanol–water partition coefficient (Wildman–Crippen LogP) is 3.91. The molecule has 0 aromatic heterocycles. The van der Waals surface area contributed by atoms with Gasteiger partial charge in [0.2, 0.25) is 6.41 Å². The first-order valence-electron chi connectivity index (χ1n) is 10.8. The molecule has 2 aromatic rings. The number of aldehydes is 1. The second-order valence-electron chi connectivity index (χ2n) is 8.36. The Labute approximate surface area is 212 Å². The van der Waals surface area contributed by atoms with Crippen LogP contribution in [-0.4, -0.2) is 49.7 Å². The molecule has 0 aliphatic heterocycles. The number of carbonyl (C=O) groups is 2. The highest BCUT2D eigenvalue weighted by atomic mass is 35.5. The molecular formula is C24H28Cl2F2N2O5. The number of hydrogen-bond donors (Lipinski definition) is 3. The van der Waals surface area contributed by atoms with Crippen LogP contribution in [0.5, 0.6) is 11.5 Å². The molecule has 3 atom stereocenters. The van der Waals surface area contributed by atoms with Gasteiger partial charge in [-0.25, -0.2) is 8.78 Å². The Hall–Kier alpha value is -2.46. The Balaban J connectivity index is 0.000000246. The zero-order valence-corrected chi connectivity index (χ0v) is 20.6. The molecule has 11 heteroatoms. The molecule has 2 fully saturated rings. The van der Waals surface area contributed by atoms with E-state index in [2.05, 4.69) is 11.1 Å². The zero-order valence-electron chi connectivity index (χ0n) is 19.1. The molecule has 2 bridgehead atoms. The van der Waals surface area contributed by atoms with Crippen molar-refractivity contribution in [1.29, 1.82) is 0 Å². The predicted molar refractivity (Wildman–Crippen MR) is 129 cm³/mol. The normalized spacial score (nSPS) is 23.9. The quantitative estimate of drug-likeness (QED) is 0.466. The molecule has 0 heterocycles. The number of aliphatic hydroxyl groups is 1. The van der Waals surface area contributed by atoms with Crippen molar-refractivity contribution in [3.05, 3.63) is 58.1 Å². The second-order valence-corrected chi connectivity index (χ2v) is 9.17. The van der Waals surface area contributed by atoms with Crippen molar-refractivity contribution in [1.82, 2.24) is 5.32 Å². The Morgan fingerprint density at radius 3 is 2.06 bits per heavy atom. The van der Waals surface area contributed by atoms with Crippen LogP contribution in [0.1, 0.15) is 25.7 Å². The number of ether oxygens (including phenoxy) is 2. The summed E-state index contributed by atoms with van der Waals surface area (Å²) in [5, 5.41) is 13.6. The van der Waals surface area contributed by atoms with Crippen molar-refractivity contribution in [2.45, 2.75) is 37.3 Å². The summed E-state index contributed by atoms with van der Waals surface area (Å²) in [5.74, 6) is -0.238. The van der Waals surface area contributed by atoms with Gasteiger partial charge in [0, 0.05) is 23.1 Å². The van der Waals surface area contributed by atoms with Crippen molar-refractivity contribution in [2.24, 2.45) is 11.1 Å². The standard InChI is InChI=1S/C15H19ClFNO2.C8H6ClFO2.CH3NO/c1-18-15-5-4-14(8-15,7-13(15)19)9-20-10-2-3-11(16)12(17)6-10;9-7-2-1-6(5-8(7)10)12-4-3-11;2-1-3/h2-3,6,13,18-19H,4-5,7-9H2,1H3;1-3,5H,4H2;1H,(H2,2,3). The van der Waals surface area contributed by atoms with Crippen LogP contribution >= 0.6 is 23.2 Å². The first-order chi connectivity index (χ1) is 16.6. The van der Waals surface area contributed by atoms with Gasteiger partial charge in [0.25, 0.3) is 0 Å². The van der Waals surface area contributed by atoms with Crippen LogP contribution in [0.4, 0.5) is 8.78 Å². The smallest absolute Gasteiger partial charge is 0.204 e. The number of benzene rings is 2. The minimum Gasteiger partial charge on any atom is -0.493 e. The maximum atomic E-state index is 13.4. The first-order valence-corrected chi connectivity index (χ1v) is 11.5. The number of nitrogens with one attached hydrogen (secondary N) is 1. The molecule has 4 N–H and O–H groups in total. The number of rotatable bonds is 7. The molecule has 1 amide bonds. The fourth-order valence-electron chi connectivity index (χ4n) is 4.46. The molecule has 7 nitrogen and oxygen atoms in total. The third kappa shape index (κ3) is 7.51. The number of fused-ring (bicyclic) bond motifs is 2. The number of nitrogens with two attached hydrogens (primary N) is 1. The summed E-state index contributed by atoms with van der Waals surface area (Å²) < 4.78 is 36.7. The third-order valence-corrected chi connectivity index (χ3v) is 6.81. The van der Waals surface area contributed by atoms with Crippen LogP contribution in [-0.2, 0) is 9.59 Å². The number of likely N-dealkylation sites (N-methyl/N-ethyl adjacent to an activating group) is 1. The Morgan fingerprint density at radius 1 is 1.09 bits per heavy atom. The lowest BCUT2D eigenvalue weighted by Crippen LogP contribution is -2.48. The highest BCUT2D eigenvalue weighted by Crippen LogP contribution is 2.56. The van der Waals surface area contributed by atoms with Gasteiger partial charge in [-0.2, -0.15) is 0 Å². The molecular weight excluding hydrogens is 505 g/mol. The highest BCUT2D eigenvalue weighted by Gasteiger charge is 2.59. The summed E-state index contributed by atoms with van der Waals surface area (Å²) in [5.41, 5.74) is 4.01. The number of aliphatic hydroxyl groups excluding tert-OH is 1. The lowest BCUT2D eigenvalue weighted by Gasteiger charge is -2.32. The Bertz CT molecular complexity index is 1020. The summed E-state index contributed by atoms with van der Waals surface area (Å²) in [6.07, 6.45) is 4.15. The molecule has 0 saturated heterocycles. The van der Waals surface area contributed by atoms with E-state index in [0.29, 0.717) is 24.4 Å². The minimum absolute atomic E-state index is 0.00145. The van der Waals surface area contributed by atoms with Crippen LogP contribution in [0.15, 0.2) is 36.4 Å². The van der Waals surface area contributed by atoms with Gasteiger partial charge in [0.1, 0.15) is 29.7 Å². The average Bonchev–Trinajstić information content (AvgIpc) is 3.35. The summed E-state index contributed by atoms with van der Waals surface area (Å²) in [4.78, 5) is 18.5. The maximum absolute atomic E-state index is 13.4. The van der Waals surface area contributed by atoms with Crippen LogP contribution in [0.25, 0.3) is 0 Å². The van der Waals surface area contributed by atoms with E-state index < -0.39 is 11.6 Å². The summed E-state index contributed by atoms with van der Waals surface area (Å²) in [6.45, 7) is 0.426. The van der Waals surface area contributed by atoms with Gasteiger partial charge >= 0.3 is 0 Å². The van der Waals surface area contributed by atoms with Crippen LogP contribution < -0.4 is 20.5 Å². The number of halogens is 4. The Morgan fingerprint density at radius 2 is 1.63 bits per heavy atom. The molecule has 2 aliphatic carbocycles. The molecule has 0 radical (unpaired) electrons. The monoisotopic (exact) mass is 532 g/mol. The fraction of sp³-hybridized carbons (Fsp3) is 0.417. The highest BCUT2D eigenvalue weighted by molar-refractivity contribution is 6.31. The van der Waals surface area contributed by atoms with Gasteiger partial charge in [-0.3, -0.25) is 9.59 Å². The molecule has 192 valence electrons. The van der Waals surface area contributed by atoms with E-state index in [-0.39, 0.29) is 40.1 Å². The second kappa shape index (κ2) is 13.0. The molecule has 2 saturated carbocycles. The van der Waals surface area contributed by atoms with Crippen molar-refractivity contribution >= 4 is 35.9 Å². The van der Waals surface area contributed by atoms with Gasteiger partial charge in [0.15, 0.2) is 6.29 Å². The van der Waals surface area contributed by atoms with Crippen molar-refractivity contribution < 1.29 is 33.0 Å². The van der Waals surface area contributed by atoms with E-state index >= 15 is 0 Å². The lowest BCUT2D eigenvalue weighted by atomic mass is 9.83. The van der Waals surface area contributed by atoms with Crippen LogP contribution in [0, 0.1) is 17.0 Å². The number of amides is 1. The summed E-state index contributed by atoms with van der Waals surface area (Å²) in [7, 11) is 1.90. The molecule has 0 spiro atoms. The number of hydrogen-bond acceptors (Lipinski definition) is 6.